The smallest absolute Gasteiger partial charge is 0.227 e. The number of rotatable bonds is 8. The van der Waals surface area contributed by atoms with E-state index in [1.807, 2.05) is 49.5 Å². The third kappa shape index (κ3) is 4.85. The predicted octanol–water partition coefficient (Wildman–Crippen LogP) is 1.56. The lowest BCUT2D eigenvalue weighted by atomic mass is 10.1. The van der Waals surface area contributed by atoms with Crippen LogP contribution in [0.2, 0.25) is 0 Å². The molecular formula is C22H25N7O3. The van der Waals surface area contributed by atoms with Crippen molar-refractivity contribution < 1.29 is 14.3 Å². The topological polar surface area (TPSA) is 114 Å². The van der Waals surface area contributed by atoms with Gasteiger partial charge in [0.15, 0.2) is 5.82 Å². The van der Waals surface area contributed by atoms with Crippen molar-refractivity contribution in [3.05, 3.63) is 54.4 Å². The summed E-state index contributed by atoms with van der Waals surface area (Å²) in [4.78, 5) is 26.6. The van der Waals surface area contributed by atoms with E-state index in [9.17, 15) is 9.59 Å². The number of aryl methyl sites for hydroxylation is 1. The summed E-state index contributed by atoms with van der Waals surface area (Å²) in [6, 6.07) is 12.8. The van der Waals surface area contributed by atoms with E-state index in [1.54, 1.807) is 22.8 Å². The van der Waals surface area contributed by atoms with E-state index in [0.29, 0.717) is 37.0 Å². The van der Waals surface area contributed by atoms with Crippen molar-refractivity contribution in [1.29, 1.82) is 0 Å². The van der Waals surface area contributed by atoms with Crippen LogP contribution in [-0.4, -0.2) is 58.5 Å². The Morgan fingerprint density at radius 3 is 2.78 bits per heavy atom. The fourth-order valence-corrected chi connectivity index (χ4v) is 3.52. The molecule has 1 aromatic carbocycles. The van der Waals surface area contributed by atoms with Gasteiger partial charge >= 0.3 is 0 Å². The summed E-state index contributed by atoms with van der Waals surface area (Å²) in [6.45, 7) is 3.16. The van der Waals surface area contributed by atoms with Crippen LogP contribution in [-0.2, 0) is 9.59 Å². The van der Waals surface area contributed by atoms with Crippen molar-refractivity contribution >= 4 is 23.3 Å². The molecule has 3 aromatic rings. The molecule has 32 heavy (non-hydrogen) atoms. The van der Waals surface area contributed by atoms with Crippen LogP contribution in [0, 0.1) is 12.8 Å². The van der Waals surface area contributed by atoms with E-state index in [1.165, 1.54) is 0 Å². The van der Waals surface area contributed by atoms with Crippen molar-refractivity contribution in [3.8, 4) is 11.6 Å². The van der Waals surface area contributed by atoms with Gasteiger partial charge in [-0.15, -0.1) is 10.2 Å². The number of benzene rings is 1. The van der Waals surface area contributed by atoms with Crippen molar-refractivity contribution in [2.24, 2.45) is 5.92 Å². The zero-order valence-corrected chi connectivity index (χ0v) is 18.0. The molecule has 4 rings (SSSR count). The summed E-state index contributed by atoms with van der Waals surface area (Å²) in [5.41, 5.74) is 1.64. The van der Waals surface area contributed by atoms with Gasteiger partial charge in [0, 0.05) is 44.0 Å². The van der Waals surface area contributed by atoms with E-state index >= 15 is 0 Å². The molecule has 3 heterocycles. The number of amides is 2. The van der Waals surface area contributed by atoms with Crippen molar-refractivity contribution in [3.63, 3.8) is 0 Å². The summed E-state index contributed by atoms with van der Waals surface area (Å²) in [5, 5.41) is 18.6. The highest BCUT2D eigenvalue weighted by atomic mass is 16.5. The standard InChI is InChI=1S/C22H25N7O3/c1-15-8-11-29(27-15)20-7-6-19(25-26-20)23-9-10-24-22(31)16-12-21(30)28(14-16)17-4-3-5-18(13-17)32-2/h3-8,11,13,16H,9-10,12,14H2,1-2H3,(H,23,25)(H,24,31). The molecule has 0 radical (unpaired) electrons. The molecule has 0 saturated carbocycles. The minimum Gasteiger partial charge on any atom is -0.497 e. The van der Waals surface area contributed by atoms with Gasteiger partial charge in [0.2, 0.25) is 11.8 Å². The first-order valence-electron chi connectivity index (χ1n) is 10.4. The van der Waals surface area contributed by atoms with Gasteiger partial charge in [-0.2, -0.15) is 5.10 Å². The van der Waals surface area contributed by atoms with E-state index in [0.717, 1.165) is 11.4 Å². The Hall–Kier alpha value is -3.95. The summed E-state index contributed by atoms with van der Waals surface area (Å²) < 4.78 is 6.87. The first kappa shape index (κ1) is 21.3. The van der Waals surface area contributed by atoms with E-state index in [-0.39, 0.29) is 24.2 Å². The van der Waals surface area contributed by atoms with Crippen LogP contribution in [0.4, 0.5) is 11.5 Å². The Morgan fingerprint density at radius 2 is 2.06 bits per heavy atom. The normalized spacial score (nSPS) is 15.6. The average molecular weight is 435 g/mol. The molecule has 0 bridgehead atoms. The molecule has 1 aliphatic rings. The van der Waals surface area contributed by atoms with Crippen LogP contribution in [0.15, 0.2) is 48.7 Å². The number of carbonyl (C=O) groups is 2. The number of carbonyl (C=O) groups excluding carboxylic acids is 2. The SMILES string of the molecule is COc1cccc(N2CC(C(=O)NCCNc3ccc(-n4ccc(C)n4)nn3)CC2=O)c1. The minimum absolute atomic E-state index is 0.0701. The molecule has 2 amide bonds. The molecule has 2 aromatic heterocycles. The number of nitrogens with one attached hydrogen (secondary N) is 2. The van der Waals surface area contributed by atoms with E-state index in [4.69, 9.17) is 4.74 Å². The lowest BCUT2D eigenvalue weighted by Crippen LogP contribution is -2.35. The van der Waals surface area contributed by atoms with Crippen LogP contribution < -0.4 is 20.3 Å². The molecule has 2 N–H and O–H groups in total. The second kappa shape index (κ2) is 9.46. The highest BCUT2D eigenvalue weighted by Gasteiger charge is 2.35. The first-order valence-corrected chi connectivity index (χ1v) is 10.4. The zero-order chi connectivity index (χ0) is 22.5. The fourth-order valence-electron chi connectivity index (χ4n) is 3.52. The molecule has 1 aliphatic heterocycles. The lowest BCUT2D eigenvalue weighted by molar-refractivity contribution is -0.126. The Kier molecular flexibility index (Phi) is 6.29. The number of ether oxygens (including phenoxy) is 1. The van der Waals surface area contributed by atoms with Gasteiger partial charge < -0.3 is 20.3 Å². The molecular weight excluding hydrogens is 410 g/mol. The van der Waals surface area contributed by atoms with Gasteiger partial charge in [0.05, 0.1) is 18.7 Å². The molecule has 1 atom stereocenters. The summed E-state index contributed by atoms with van der Waals surface area (Å²) in [6.07, 6.45) is 2.02. The summed E-state index contributed by atoms with van der Waals surface area (Å²) in [7, 11) is 1.58. The van der Waals surface area contributed by atoms with Crippen molar-refractivity contribution in [1.82, 2.24) is 25.3 Å². The number of aromatic nitrogens is 4. The number of anilines is 2. The maximum absolute atomic E-state index is 12.5. The molecule has 0 aliphatic carbocycles. The Labute approximate surface area is 185 Å². The van der Waals surface area contributed by atoms with Crippen molar-refractivity contribution in [2.45, 2.75) is 13.3 Å². The van der Waals surface area contributed by atoms with Gasteiger partial charge in [0.25, 0.3) is 0 Å². The van der Waals surface area contributed by atoms with Gasteiger partial charge in [-0.1, -0.05) is 6.07 Å². The molecule has 0 spiro atoms. The van der Waals surface area contributed by atoms with Gasteiger partial charge in [0.1, 0.15) is 11.6 Å². The Bertz CT molecular complexity index is 1100. The molecule has 10 heteroatoms. The summed E-state index contributed by atoms with van der Waals surface area (Å²) >= 11 is 0. The number of nitrogens with zero attached hydrogens (tertiary/aromatic N) is 5. The van der Waals surface area contributed by atoms with Crippen LogP contribution in [0.5, 0.6) is 5.75 Å². The van der Waals surface area contributed by atoms with Gasteiger partial charge in [-0.3, -0.25) is 9.59 Å². The average Bonchev–Trinajstić information content (AvgIpc) is 3.42. The van der Waals surface area contributed by atoms with E-state index in [2.05, 4.69) is 25.9 Å². The van der Waals surface area contributed by atoms with Crippen LogP contribution in [0.1, 0.15) is 12.1 Å². The summed E-state index contributed by atoms with van der Waals surface area (Å²) in [5.74, 6) is 1.31. The third-order valence-electron chi connectivity index (χ3n) is 5.20. The maximum Gasteiger partial charge on any atom is 0.227 e. The molecule has 10 nitrogen and oxygen atoms in total. The number of hydrogen-bond donors (Lipinski definition) is 2. The zero-order valence-electron chi connectivity index (χ0n) is 18.0. The van der Waals surface area contributed by atoms with E-state index < -0.39 is 0 Å². The predicted molar refractivity (Wildman–Crippen MR) is 119 cm³/mol. The fraction of sp³-hybridized carbons (Fsp3) is 0.318. The second-order valence-corrected chi connectivity index (χ2v) is 7.50. The highest BCUT2D eigenvalue weighted by molar-refractivity contribution is 6.00. The Morgan fingerprint density at radius 1 is 1.19 bits per heavy atom. The first-order chi connectivity index (χ1) is 15.5. The third-order valence-corrected chi connectivity index (χ3v) is 5.20. The second-order valence-electron chi connectivity index (χ2n) is 7.50. The largest absolute Gasteiger partial charge is 0.497 e. The number of methoxy groups -OCH3 is 1. The van der Waals surface area contributed by atoms with Crippen molar-refractivity contribution in [2.75, 3.05) is 37.0 Å². The number of hydrogen-bond acceptors (Lipinski definition) is 7. The monoisotopic (exact) mass is 435 g/mol. The molecule has 166 valence electrons. The molecule has 1 unspecified atom stereocenters. The minimum atomic E-state index is -0.384. The maximum atomic E-state index is 12.5. The van der Waals surface area contributed by atoms with Crippen LogP contribution >= 0.6 is 0 Å². The van der Waals surface area contributed by atoms with Crippen LogP contribution in [0.25, 0.3) is 5.82 Å². The quantitative estimate of drug-likeness (QED) is 0.516. The highest BCUT2D eigenvalue weighted by Crippen LogP contribution is 2.27. The molecule has 1 saturated heterocycles. The molecule has 1 fully saturated rings. The Balaban J connectivity index is 1.23. The van der Waals surface area contributed by atoms with Gasteiger partial charge in [-0.25, -0.2) is 4.68 Å². The lowest BCUT2D eigenvalue weighted by Gasteiger charge is -2.17. The van der Waals surface area contributed by atoms with Gasteiger partial charge in [-0.05, 0) is 37.3 Å². The van der Waals surface area contributed by atoms with Crippen LogP contribution in [0.3, 0.4) is 0 Å².